The third kappa shape index (κ3) is 3.92. The number of carbonyl (C=O) groups is 1. The Morgan fingerprint density at radius 1 is 1.16 bits per heavy atom. The molecule has 0 radical (unpaired) electrons. The number of aromatic amines is 1. The molecule has 2 heterocycles. The smallest absolute Gasteiger partial charge is 0.240 e. The third-order valence-electron chi connectivity index (χ3n) is 4.50. The summed E-state index contributed by atoms with van der Waals surface area (Å²) in [7, 11) is 0. The molecule has 0 fully saturated rings. The predicted octanol–water partition coefficient (Wildman–Crippen LogP) is 3.88. The summed E-state index contributed by atoms with van der Waals surface area (Å²) in [5.74, 6) is 1.28. The highest BCUT2D eigenvalue weighted by atomic mass is 16.2. The Balaban J connectivity index is 1.79. The number of H-pyrrole nitrogens is 1. The number of hydrogen-bond donors (Lipinski definition) is 2. The second kappa shape index (κ2) is 7.13. The normalized spacial score (nSPS) is 12.7. The first-order valence-electron chi connectivity index (χ1n) is 8.80. The van der Waals surface area contributed by atoms with Crippen LogP contribution in [0.15, 0.2) is 36.4 Å². The lowest BCUT2D eigenvalue weighted by molar-refractivity contribution is -0.122. The van der Waals surface area contributed by atoms with E-state index >= 15 is 0 Å². The van der Waals surface area contributed by atoms with E-state index in [0.29, 0.717) is 12.5 Å². The Morgan fingerprint density at radius 3 is 2.48 bits per heavy atom. The average molecular weight is 338 g/mol. The van der Waals surface area contributed by atoms with E-state index in [0.717, 1.165) is 34.7 Å². The van der Waals surface area contributed by atoms with Gasteiger partial charge in [-0.05, 0) is 50.5 Å². The van der Waals surface area contributed by atoms with Crippen LogP contribution in [0.4, 0.5) is 0 Å². The molecule has 1 unspecified atom stereocenters. The van der Waals surface area contributed by atoms with Crippen LogP contribution in [-0.2, 0) is 11.3 Å². The largest absolute Gasteiger partial charge is 0.345 e. The van der Waals surface area contributed by atoms with Crippen LogP contribution >= 0.6 is 0 Å². The van der Waals surface area contributed by atoms with Gasteiger partial charge in [0, 0.05) is 11.4 Å². The Hall–Kier alpha value is -2.56. The summed E-state index contributed by atoms with van der Waals surface area (Å²) in [6.07, 6.45) is 0.842. The summed E-state index contributed by atoms with van der Waals surface area (Å²) in [5, 5.41) is 3.16. The van der Waals surface area contributed by atoms with E-state index in [9.17, 15) is 4.79 Å². The number of aromatic nitrogens is 3. The Labute approximate surface area is 148 Å². The second-order valence-electron chi connectivity index (χ2n) is 7.09. The van der Waals surface area contributed by atoms with Gasteiger partial charge in [0.2, 0.25) is 5.91 Å². The number of nitrogens with one attached hydrogen (secondary N) is 2. The van der Waals surface area contributed by atoms with Gasteiger partial charge in [-0.2, -0.15) is 0 Å². The average Bonchev–Trinajstić information content (AvgIpc) is 3.12. The highest BCUT2D eigenvalue weighted by Crippen LogP contribution is 2.22. The van der Waals surface area contributed by atoms with Gasteiger partial charge in [0.05, 0.1) is 17.1 Å². The van der Waals surface area contributed by atoms with E-state index in [-0.39, 0.29) is 11.9 Å². The first-order chi connectivity index (χ1) is 11.9. The fourth-order valence-corrected chi connectivity index (χ4v) is 3.18. The molecular weight excluding hydrogens is 312 g/mol. The summed E-state index contributed by atoms with van der Waals surface area (Å²) in [6, 6.07) is 11.9. The van der Waals surface area contributed by atoms with Gasteiger partial charge < -0.3 is 14.9 Å². The lowest BCUT2D eigenvalue weighted by atomic mass is 10.0. The van der Waals surface area contributed by atoms with Crippen molar-refractivity contribution in [1.29, 1.82) is 0 Å². The van der Waals surface area contributed by atoms with Crippen LogP contribution in [0.5, 0.6) is 0 Å². The van der Waals surface area contributed by atoms with E-state index < -0.39 is 0 Å². The number of hydrogen-bond acceptors (Lipinski definition) is 2. The molecule has 5 heteroatoms. The second-order valence-corrected chi connectivity index (χ2v) is 7.09. The minimum absolute atomic E-state index is 0.00788. The Bertz CT molecular complexity index is 822. The third-order valence-corrected chi connectivity index (χ3v) is 4.50. The molecule has 5 nitrogen and oxygen atoms in total. The quantitative estimate of drug-likeness (QED) is 0.716. The van der Waals surface area contributed by atoms with Crippen molar-refractivity contribution < 1.29 is 4.79 Å². The van der Waals surface area contributed by atoms with Gasteiger partial charge in [-0.15, -0.1) is 0 Å². The molecule has 1 aromatic carbocycles. The Morgan fingerprint density at radius 2 is 1.84 bits per heavy atom. The molecule has 0 aliphatic rings. The fourth-order valence-electron chi connectivity index (χ4n) is 3.18. The molecule has 25 heavy (non-hydrogen) atoms. The molecule has 132 valence electrons. The molecule has 3 aromatic rings. The van der Waals surface area contributed by atoms with E-state index in [1.807, 2.05) is 54.8 Å². The summed E-state index contributed by atoms with van der Waals surface area (Å²) in [6.45, 7) is 8.68. The predicted molar refractivity (Wildman–Crippen MR) is 100 cm³/mol. The molecule has 1 atom stereocenters. The number of carbonyl (C=O) groups excluding carboxylic acids is 1. The first kappa shape index (κ1) is 17.3. The standard InChI is InChI=1S/C20H26N4O/c1-13(2)11-18(20-22-16-7-5-6-8-17(16)23-20)21-19(25)12-24-14(3)9-10-15(24)4/h5-10,13,18H,11-12H2,1-4H3,(H,21,25)(H,22,23). The van der Waals surface area contributed by atoms with Crippen molar-refractivity contribution >= 4 is 16.9 Å². The molecule has 1 amide bonds. The van der Waals surface area contributed by atoms with Crippen molar-refractivity contribution in [2.45, 2.75) is 46.7 Å². The molecule has 2 aromatic heterocycles. The maximum Gasteiger partial charge on any atom is 0.240 e. The van der Waals surface area contributed by atoms with Gasteiger partial charge in [-0.3, -0.25) is 4.79 Å². The number of nitrogens with zero attached hydrogens (tertiary/aromatic N) is 2. The summed E-state index contributed by atoms with van der Waals surface area (Å²) in [4.78, 5) is 20.7. The van der Waals surface area contributed by atoms with Crippen LogP contribution in [0.25, 0.3) is 11.0 Å². The summed E-state index contributed by atoms with van der Waals surface area (Å²) in [5.41, 5.74) is 4.11. The van der Waals surface area contributed by atoms with Crippen molar-refractivity contribution in [3.8, 4) is 0 Å². The molecule has 0 saturated heterocycles. The molecule has 0 aliphatic carbocycles. The molecule has 0 spiro atoms. The molecule has 0 saturated carbocycles. The van der Waals surface area contributed by atoms with E-state index in [4.69, 9.17) is 0 Å². The van der Waals surface area contributed by atoms with E-state index in [1.54, 1.807) is 0 Å². The monoisotopic (exact) mass is 338 g/mol. The van der Waals surface area contributed by atoms with Crippen molar-refractivity contribution in [2.75, 3.05) is 0 Å². The minimum Gasteiger partial charge on any atom is -0.345 e. The summed E-state index contributed by atoms with van der Waals surface area (Å²) < 4.78 is 2.03. The lowest BCUT2D eigenvalue weighted by Crippen LogP contribution is -2.33. The van der Waals surface area contributed by atoms with Gasteiger partial charge in [-0.1, -0.05) is 26.0 Å². The molecular formula is C20H26N4O. The van der Waals surface area contributed by atoms with Crippen LogP contribution in [-0.4, -0.2) is 20.4 Å². The number of imidazole rings is 1. The highest BCUT2D eigenvalue weighted by Gasteiger charge is 2.20. The number of amides is 1. The minimum atomic E-state index is -0.115. The first-order valence-corrected chi connectivity index (χ1v) is 8.80. The van der Waals surface area contributed by atoms with Gasteiger partial charge >= 0.3 is 0 Å². The highest BCUT2D eigenvalue weighted by molar-refractivity contribution is 5.77. The van der Waals surface area contributed by atoms with Gasteiger partial charge in [0.1, 0.15) is 12.4 Å². The topological polar surface area (TPSA) is 62.7 Å². The van der Waals surface area contributed by atoms with Crippen LogP contribution in [0, 0.1) is 19.8 Å². The zero-order chi connectivity index (χ0) is 18.0. The van der Waals surface area contributed by atoms with E-state index in [1.165, 1.54) is 0 Å². The van der Waals surface area contributed by atoms with E-state index in [2.05, 4.69) is 29.1 Å². The number of aryl methyl sites for hydroxylation is 2. The number of rotatable bonds is 6. The van der Waals surface area contributed by atoms with Crippen molar-refractivity contribution in [1.82, 2.24) is 19.9 Å². The van der Waals surface area contributed by atoms with Crippen LogP contribution in [0.2, 0.25) is 0 Å². The zero-order valence-electron chi connectivity index (χ0n) is 15.3. The maximum atomic E-state index is 12.6. The molecule has 0 bridgehead atoms. The van der Waals surface area contributed by atoms with Crippen LogP contribution < -0.4 is 5.32 Å². The molecule has 2 N–H and O–H groups in total. The number of para-hydroxylation sites is 2. The van der Waals surface area contributed by atoms with Crippen molar-refractivity contribution in [3.63, 3.8) is 0 Å². The van der Waals surface area contributed by atoms with Crippen molar-refractivity contribution in [3.05, 3.63) is 53.6 Å². The zero-order valence-corrected chi connectivity index (χ0v) is 15.3. The number of fused-ring (bicyclic) bond motifs is 1. The lowest BCUT2D eigenvalue weighted by Gasteiger charge is -2.19. The summed E-state index contributed by atoms with van der Waals surface area (Å²) >= 11 is 0. The van der Waals surface area contributed by atoms with Gasteiger partial charge in [-0.25, -0.2) is 4.98 Å². The van der Waals surface area contributed by atoms with Crippen LogP contribution in [0.1, 0.15) is 43.5 Å². The maximum absolute atomic E-state index is 12.6. The van der Waals surface area contributed by atoms with Gasteiger partial charge in [0.25, 0.3) is 0 Å². The van der Waals surface area contributed by atoms with Crippen molar-refractivity contribution in [2.24, 2.45) is 5.92 Å². The Kier molecular flexibility index (Phi) is 4.93. The van der Waals surface area contributed by atoms with Gasteiger partial charge in [0.15, 0.2) is 0 Å². The molecule has 3 rings (SSSR count). The fraction of sp³-hybridized carbons (Fsp3) is 0.400. The number of benzene rings is 1. The SMILES string of the molecule is Cc1ccc(C)n1CC(=O)NC(CC(C)C)c1nc2ccccc2[nH]1. The van der Waals surface area contributed by atoms with Crippen LogP contribution in [0.3, 0.4) is 0 Å². The molecule has 0 aliphatic heterocycles.